The van der Waals surface area contributed by atoms with E-state index in [0.29, 0.717) is 42.8 Å². The first kappa shape index (κ1) is 21.4. The number of pyridine rings is 3. The predicted octanol–water partition coefficient (Wildman–Crippen LogP) is 4.34. The van der Waals surface area contributed by atoms with Crippen LogP contribution < -0.4 is 4.90 Å². The van der Waals surface area contributed by atoms with E-state index >= 15 is 0 Å². The normalized spacial score (nSPS) is 19.1. The zero-order chi connectivity index (χ0) is 24.0. The molecule has 5 heterocycles. The van der Waals surface area contributed by atoms with Crippen LogP contribution in [0.1, 0.15) is 40.6 Å². The average molecular weight is 464 g/mol. The second-order valence-corrected chi connectivity index (χ2v) is 9.29. The van der Waals surface area contributed by atoms with Crippen LogP contribution in [0.5, 0.6) is 0 Å². The molecule has 2 aliphatic rings. The number of piperidine rings is 1. The molecule has 0 radical (unpaired) electrons. The van der Waals surface area contributed by atoms with Crippen LogP contribution >= 0.6 is 0 Å². The number of hydrogen-bond donors (Lipinski definition) is 0. The lowest BCUT2D eigenvalue weighted by Crippen LogP contribution is -2.67. The topological polar surface area (TPSA) is 79.3 Å². The molecule has 7 nitrogen and oxygen atoms in total. The lowest BCUT2D eigenvalue weighted by Gasteiger charge is -2.58. The number of likely N-dealkylation sites (tertiary alicyclic amines) is 1. The molecule has 6 rings (SSSR count). The van der Waals surface area contributed by atoms with Crippen molar-refractivity contribution in [2.45, 2.75) is 25.8 Å². The molecule has 1 unspecified atom stereocenters. The summed E-state index contributed by atoms with van der Waals surface area (Å²) in [4.78, 5) is 44.3. The lowest BCUT2D eigenvalue weighted by atomic mass is 9.63. The van der Waals surface area contributed by atoms with E-state index in [2.05, 4.69) is 15.0 Å². The van der Waals surface area contributed by atoms with E-state index in [1.54, 1.807) is 12.4 Å². The number of nitrogens with zero attached hydrogens (tertiary/aromatic N) is 5. The number of β-lactam (4-membered cyclic amide) rings is 1. The molecule has 4 aromatic rings. The highest BCUT2D eigenvalue weighted by Gasteiger charge is 2.62. The number of benzene rings is 1. The van der Waals surface area contributed by atoms with Gasteiger partial charge in [0.15, 0.2) is 5.65 Å². The van der Waals surface area contributed by atoms with Gasteiger partial charge in [-0.15, -0.1) is 0 Å². The van der Waals surface area contributed by atoms with E-state index in [1.165, 1.54) is 0 Å². The van der Waals surface area contributed by atoms with Gasteiger partial charge in [-0.3, -0.25) is 14.6 Å². The molecule has 1 spiro atoms. The van der Waals surface area contributed by atoms with Crippen LogP contribution in [0.2, 0.25) is 0 Å². The summed E-state index contributed by atoms with van der Waals surface area (Å²) in [6, 6.07) is 21.1. The van der Waals surface area contributed by atoms with Crippen LogP contribution in [0.15, 0.2) is 79.1 Å². The summed E-state index contributed by atoms with van der Waals surface area (Å²) in [5, 5.41) is 0.845. The van der Waals surface area contributed by atoms with E-state index in [9.17, 15) is 9.59 Å². The van der Waals surface area contributed by atoms with E-state index in [0.717, 1.165) is 16.8 Å². The van der Waals surface area contributed by atoms with Gasteiger partial charge in [-0.05, 0) is 62.2 Å². The fraction of sp³-hybridized carbons (Fsp3) is 0.250. The molecule has 7 heteroatoms. The Kier molecular flexibility index (Phi) is 5.06. The molecule has 1 atom stereocenters. The highest BCUT2D eigenvalue weighted by Crippen LogP contribution is 2.57. The van der Waals surface area contributed by atoms with Gasteiger partial charge in [0.1, 0.15) is 0 Å². The summed E-state index contributed by atoms with van der Waals surface area (Å²) in [5.74, 6) is 0.0674. The molecule has 0 aliphatic carbocycles. The summed E-state index contributed by atoms with van der Waals surface area (Å²) in [5.41, 5.74) is 3.11. The Labute approximate surface area is 203 Å². The second-order valence-electron chi connectivity index (χ2n) is 9.29. The maximum Gasteiger partial charge on any atom is 0.255 e. The Hall–Kier alpha value is -4.13. The third-order valence-electron chi connectivity index (χ3n) is 7.38. The fourth-order valence-electron chi connectivity index (χ4n) is 5.54. The van der Waals surface area contributed by atoms with E-state index in [1.807, 2.05) is 83.5 Å². The van der Waals surface area contributed by atoms with Gasteiger partial charge >= 0.3 is 0 Å². The molecule has 3 aromatic heterocycles. The molecule has 2 fully saturated rings. The zero-order valence-electron chi connectivity index (χ0n) is 19.5. The minimum Gasteiger partial charge on any atom is -0.339 e. The van der Waals surface area contributed by atoms with Gasteiger partial charge in [-0.25, -0.2) is 9.97 Å². The van der Waals surface area contributed by atoms with Crippen molar-refractivity contribution in [3.05, 3.63) is 96.1 Å². The number of para-hydroxylation sites is 1. The number of anilines is 1. The quantitative estimate of drug-likeness (QED) is 0.422. The molecule has 1 aromatic carbocycles. The van der Waals surface area contributed by atoms with Crippen molar-refractivity contribution in [3.63, 3.8) is 0 Å². The molecule has 0 saturated carbocycles. The van der Waals surface area contributed by atoms with Gasteiger partial charge in [0.25, 0.3) is 5.91 Å². The smallest absolute Gasteiger partial charge is 0.255 e. The maximum atomic E-state index is 13.6. The Morgan fingerprint density at radius 1 is 0.943 bits per heavy atom. The number of fused-ring (bicyclic) bond motifs is 1. The minimum absolute atomic E-state index is 0.0447. The van der Waals surface area contributed by atoms with Crippen molar-refractivity contribution < 1.29 is 9.59 Å². The van der Waals surface area contributed by atoms with E-state index < -0.39 is 5.41 Å². The molecule has 35 heavy (non-hydrogen) atoms. The van der Waals surface area contributed by atoms with Gasteiger partial charge < -0.3 is 9.80 Å². The number of carbonyl (C=O) groups excluding carboxylic acids is 2. The SMILES string of the molecule is Cc1nc2ncccc2cc1C(=O)N1CCC2(CC1)C(=O)N(c1ccccc1)C2c1ccccn1. The van der Waals surface area contributed by atoms with Crippen molar-refractivity contribution in [1.82, 2.24) is 19.9 Å². The number of rotatable bonds is 3. The Morgan fingerprint density at radius 3 is 2.43 bits per heavy atom. The minimum atomic E-state index is -0.554. The molecular formula is C28H25N5O2. The largest absolute Gasteiger partial charge is 0.339 e. The van der Waals surface area contributed by atoms with Crippen molar-refractivity contribution >= 4 is 28.5 Å². The van der Waals surface area contributed by atoms with Crippen molar-refractivity contribution in [2.75, 3.05) is 18.0 Å². The average Bonchev–Trinajstić information content (AvgIpc) is 2.91. The van der Waals surface area contributed by atoms with Crippen molar-refractivity contribution in [2.24, 2.45) is 5.41 Å². The molecule has 2 saturated heterocycles. The number of amides is 2. The number of aromatic nitrogens is 3. The Bertz CT molecular complexity index is 1420. The number of aryl methyl sites for hydroxylation is 1. The Morgan fingerprint density at radius 2 is 1.69 bits per heavy atom. The summed E-state index contributed by atoms with van der Waals surface area (Å²) in [6.45, 7) is 2.87. The fourth-order valence-corrected chi connectivity index (χ4v) is 5.54. The summed E-state index contributed by atoms with van der Waals surface area (Å²) >= 11 is 0. The van der Waals surface area contributed by atoms with Crippen LogP contribution in [-0.4, -0.2) is 44.8 Å². The zero-order valence-corrected chi connectivity index (χ0v) is 19.5. The van der Waals surface area contributed by atoms with Crippen LogP contribution in [0, 0.1) is 12.3 Å². The molecule has 174 valence electrons. The van der Waals surface area contributed by atoms with Crippen LogP contribution in [0.25, 0.3) is 11.0 Å². The first-order valence-electron chi connectivity index (χ1n) is 11.9. The standard InChI is InChI=1S/C28H25N5O2/c1-19-22(18-20-8-7-15-30-25(20)31-19)26(34)32-16-12-28(13-17-32)24(23-11-5-6-14-29-23)33(27(28)35)21-9-3-2-4-10-21/h2-11,14-15,18,24H,12-13,16-17H2,1H3. The first-order chi connectivity index (χ1) is 17.1. The van der Waals surface area contributed by atoms with Gasteiger partial charge in [-0.2, -0.15) is 0 Å². The molecule has 2 amide bonds. The third kappa shape index (κ3) is 3.38. The van der Waals surface area contributed by atoms with Gasteiger partial charge in [0.05, 0.1) is 28.4 Å². The second kappa shape index (κ2) is 8.27. The predicted molar refractivity (Wildman–Crippen MR) is 133 cm³/mol. The highest BCUT2D eigenvalue weighted by molar-refractivity contribution is 6.06. The van der Waals surface area contributed by atoms with Gasteiger partial charge in [0, 0.05) is 36.6 Å². The van der Waals surface area contributed by atoms with Gasteiger partial charge in [-0.1, -0.05) is 24.3 Å². The number of carbonyl (C=O) groups is 2. The Balaban J connectivity index is 1.28. The van der Waals surface area contributed by atoms with Crippen LogP contribution in [0.4, 0.5) is 5.69 Å². The summed E-state index contributed by atoms with van der Waals surface area (Å²) in [7, 11) is 0. The first-order valence-corrected chi connectivity index (χ1v) is 11.9. The molecule has 2 aliphatic heterocycles. The molecule has 0 N–H and O–H groups in total. The monoisotopic (exact) mass is 463 g/mol. The molecular weight excluding hydrogens is 438 g/mol. The van der Waals surface area contributed by atoms with E-state index in [-0.39, 0.29) is 17.9 Å². The third-order valence-corrected chi connectivity index (χ3v) is 7.38. The number of hydrogen-bond acceptors (Lipinski definition) is 5. The maximum absolute atomic E-state index is 13.6. The van der Waals surface area contributed by atoms with Gasteiger partial charge in [0.2, 0.25) is 5.91 Å². The van der Waals surface area contributed by atoms with Crippen LogP contribution in [0.3, 0.4) is 0 Å². The summed E-state index contributed by atoms with van der Waals surface area (Å²) in [6.07, 6.45) is 4.68. The molecule has 0 bridgehead atoms. The van der Waals surface area contributed by atoms with E-state index in [4.69, 9.17) is 0 Å². The summed E-state index contributed by atoms with van der Waals surface area (Å²) < 4.78 is 0. The van der Waals surface area contributed by atoms with Crippen LogP contribution in [-0.2, 0) is 4.79 Å². The lowest BCUT2D eigenvalue weighted by molar-refractivity contribution is -0.144. The van der Waals surface area contributed by atoms with Crippen molar-refractivity contribution in [1.29, 1.82) is 0 Å². The van der Waals surface area contributed by atoms with Crippen molar-refractivity contribution in [3.8, 4) is 0 Å². The highest BCUT2D eigenvalue weighted by atomic mass is 16.2.